The SMILES string of the molecule is Cn1c(=O)n(C)c2cc(NCc3c(Cl)n[nH]c3C3CC3)ccc21. The van der Waals surface area contributed by atoms with E-state index in [9.17, 15) is 4.79 Å². The minimum atomic E-state index is -0.0222. The van der Waals surface area contributed by atoms with Gasteiger partial charge in [-0.2, -0.15) is 5.10 Å². The Balaban J connectivity index is 1.62. The third-order valence-electron chi connectivity index (χ3n) is 4.58. The number of halogens is 1. The van der Waals surface area contributed by atoms with E-state index < -0.39 is 0 Å². The molecule has 1 aliphatic carbocycles. The van der Waals surface area contributed by atoms with Crippen molar-refractivity contribution in [3.63, 3.8) is 0 Å². The second-order valence-corrected chi connectivity index (χ2v) is 6.50. The summed E-state index contributed by atoms with van der Waals surface area (Å²) in [6, 6.07) is 5.92. The molecule has 6 nitrogen and oxygen atoms in total. The molecule has 0 radical (unpaired) electrons. The summed E-state index contributed by atoms with van der Waals surface area (Å²) in [7, 11) is 3.57. The van der Waals surface area contributed by atoms with Gasteiger partial charge in [-0.05, 0) is 31.0 Å². The number of nitrogens with one attached hydrogen (secondary N) is 2. The minimum Gasteiger partial charge on any atom is -0.381 e. The maximum atomic E-state index is 12.0. The average molecular weight is 332 g/mol. The number of hydrogen-bond donors (Lipinski definition) is 2. The topological polar surface area (TPSA) is 67.6 Å². The molecule has 0 unspecified atom stereocenters. The van der Waals surface area contributed by atoms with Crippen LogP contribution in [0.2, 0.25) is 5.15 Å². The number of anilines is 1. The molecule has 2 heterocycles. The first kappa shape index (κ1) is 14.4. The van der Waals surface area contributed by atoms with Gasteiger partial charge in [-0.1, -0.05) is 11.6 Å². The van der Waals surface area contributed by atoms with E-state index in [-0.39, 0.29) is 5.69 Å². The van der Waals surface area contributed by atoms with Gasteiger partial charge in [0.2, 0.25) is 0 Å². The smallest absolute Gasteiger partial charge is 0.328 e. The standard InChI is InChI=1S/C16H18ClN5O/c1-21-12-6-5-10(7-13(12)22(2)16(21)23)18-8-11-14(9-3-4-9)19-20-15(11)17/h5-7,9,18H,3-4,8H2,1-2H3,(H,19,20). The Kier molecular flexibility index (Phi) is 3.23. The Morgan fingerprint density at radius 2 is 2.04 bits per heavy atom. The molecular weight excluding hydrogens is 314 g/mol. The van der Waals surface area contributed by atoms with Gasteiger partial charge in [0.1, 0.15) is 0 Å². The first-order chi connectivity index (χ1) is 11.1. The first-order valence-corrected chi connectivity index (χ1v) is 8.06. The normalized spacial score (nSPS) is 14.6. The molecule has 120 valence electrons. The highest BCUT2D eigenvalue weighted by molar-refractivity contribution is 6.30. The van der Waals surface area contributed by atoms with Crippen LogP contribution in [-0.2, 0) is 20.6 Å². The summed E-state index contributed by atoms with van der Waals surface area (Å²) in [5.41, 5.74) is 4.95. The van der Waals surface area contributed by atoms with Crippen molar-refractivity contribution in [2.75, 3.05) is 5.32 Å². The lowest BCUT2D eigenvalue weighted by molar-refractivity contribution is 0.795. The summed E-state index contributed by atoms with van der Waals surface area (Å²) in [6.07, 6.45) is 2.40. The molecule has 0 saturated heterocycles. The second-order valence-electron chi connectivity index (χ2n) is 6.14. The molecule has 1 fully saturated rings. The van der Waals surface area contributed by atoms with E-state index >= 15 is 0 Å². The van der Waals surface area contributed by atoms with Crippen molar-refractivity contribution in [2.45, 2.75) is 25.3 Å². The fourth-order valence-electron chi connectivity index (χ4n) is 3.04. The predicted octanol–water partition coefficient (Wildman–Crippen LogP) is 2.74. The van der Waals surface area contributed by atoms with Crippen LogP contribution in [0.3, 0.4) is 0 Å². The van der Waals surface area contributed by atoms with E-state index in [2.05, 4.69) is 15.5 Å². The molecule has 1 aliphatic rings. The van der Waals surface area contributed by atoms with Gasteiger partial charge in [0.15, 0.2) is 5.15 Å². The summed E-state index contributed by atoms with van der Waals surface area (Å²) in [5.74, 6) is 0.573. The minimum absolute atomic E-state index is 0.0222. The van der Waals surface area contributed by atoms with Crippen molar-refractivity contribution in [1.29, 1.82) is 0 Å². The van der Waals surface area contributed by atoms with Crippen LogP contribution < -0.4 is 11.0 Å². The maximum Gasteiger partial charge on any atom is 0.328 e. The quantitative estimate of drug-likeness (QED) is 0.772. The van der Waals surface area contributed by atoms with Crippen LogP contribution >= 0.6 is 11.6 Å². The zero-order valence-corrected chi connectivity index (χ0v) is 13.8. The molecule has 23 heavy (non-hydrogen) atoms. The van der Waals surface area contributed by atoms with Crippen molar-refractivity contribution in [3.05, 3.63) is 45.1 Å². The number of aromatic amines is 1. The highest BCUT2D eigenvalue weighted by atomic mass is 35.5. The van der Waals surface area contributed by atoms with Crippen LogP contribution in [0.15, 0.2) is 23.0 Å². The number of aryl methyl sites for hydroxylation is 2. The summed E-state index contributed by atoms with van der Waals surface area (Å²) in [6.45, 7) is 0.619. The molecule has 2 N–H and O–H groups in total. The number of rotatable bonds is 4. The van der Waals surface area contributed by atoms with E-state index in [1.165, 1.54) is 12.8 Å². The lowest BCUT2D eigenvalue weighted by Gasteiger charge is -2.08. The van der Waals surface area contributed by atoms with E-state index in [0.717, 1.165) is 28.0 Å². The van der Waals surface area contributed by atoms with Gasteiger partial charge in [-0.15, -0.1) is 0 Å². The Morgan fingerprint density at radius 3 is 2.78 bits per heavy atom. The molecule has 0 bridgehead atoms. The van der Waals surface area contributed by atoms with E-state index in [1.807, 2.05) is 18.2 Å². The number of aromatic nitrogens is 4. The monoisotopic (exact) mass is 331 g/mol. The van der Waals surface area contributed by atoms with Crippen LogP contribution in [0, 0.1) is 0 Å². The van der Waals surface area contributed by atoms with Crippen LogP contribution in [0.4, 0.5) is 5.69 Å². The molecule has 4 rings (SSSR count). The van der Waals surface area contributed by atoms with Crippen LogP contribution in [0.1, 0.15) is 30.0 Å². The highest BCUT2D eigenvalue weighted by Crippen LogP contribution is 2.42. The van der Waals surface area contributed by atoms with Crippen LogP contribution in [0.5, 0.6) is 0 Å². The molecule has 1 aromatic carbocycles. The lowest BCUT2D eigenvalue weighted by Crippen LogP contribution is -2.19. The Hall–Kier alpha value is -2.21. The summed E-state index contributed by atoms with van der Waals surface area (Å²) < 4.78 is 3.30. The zero-order valence-electron chi connectivity index (χ0n) is 13.1. The number of benzene rings is 1. The van der Waals surface area contributed by atoms with Crippen molar-refractivity contribution in [2.24, 2.45) is 14.1 Å². The molecule has 3 aromatic rings. The second kappa shape index (κ2) is 5.16. The number of hydrogen-bond acceptors (Lipinski definition) is 3. The van der Waals surface area contributed by atoms with Crippen molar-refractivity contribution in [1.82, 2.24) is 19.3 Å². The van der Waals surface area contributed by atoms with Crippen LogP contribution in [-0.4, -0.2) is 19.3 Å². The van der Waals surface area contributed by atoms with E-state index in [4.69, 9.17) is 11.6 Å². The third kappa shape index (κ3) is 2.34. The Labute approximate surface area is 138 Å². The summed E-state index contributed by atoms with van der Waals surface area (Å²) >= 11 is 6.20. The largest absolute Gasteiger partial charge is 0.381 e. The molecule has 1 saturated carbocycles. The Morgan fingerprint density at radius 1 is 1.30 bits per heavy atom. The fourth-order valence-corrected chi connectivity index (χ4v) is 3.25. The molecule has 0 amide bonds. The van der Waals surface area contributed by atoms with Crippen molar-refractivity contribution >= 4 is 28.3 Å². The maximum absolute atomic E-state index is 12.0. The fraction of sp³-hybridized carbons (Fsp3) is 0.375. The molecule has 2 aromatic heterocycles. The van der Waals surface area contributed by atoms with Gasteiger partial charge in [0.25, 0.3) is 0 Å². The highest BCUT2D eigenvalue weighted by Gasteiger charge is 2.29. The van der Waals surface area contributed by atoms with Gasteiger partial charge in [-0.3, -0.25) is 14.2 Å². The van der Waals surface area contributed by atoms with Gasteiger partial charge < -0.3 is 5.32 Å². The Bertz CT molecular complexity index is 947. The average Bonchev–Trinajstić information content (AvgIpc) is 3.30. The number of H-pyrrole nitrogens is 1. The van der Waals surface area contributed by atoms with E-state index in [1.54, 1.807) is 23.2 Å². The predicted molar refractivity (Wildman–Crippen MR) is 91.1 cm³/mol. The third-order valence-corrected chi connectivity index (χ3v) is 4.89. The first-order valence-electron chi connectivity index (χ1n) is 7.68. The number of fused-ring (bicyclic) bond motifs is 1. The van der Waals surface area contributed by atoms with Gasteiger partial charge >= 0.3 is 5.69 Å². The molecule has 0 atom stereocenters. The zero-order chi connectivity index (χ0) is 16.1. The molecule has 0 spiro atoms. The molecular formula is C16H18ClN5O. The van der Waals surface area contributed by atoms with Crippen molar-refractivity contribution in [3.8, 4) is 0 Å². The number of imidazole rings is 1. The van der Waals surface area contributed by atoms with Crippen LogP contribution in [0.25, 0.3) is 11.0 Å². The lowest BCUT2D eigenvalue weighted by atomic mass is 10.1. The van der Waals surface area contributed by atoms with Crippen molar-refractivity contribution < 1.29 is 0 Å². The molecule has 7 heteroatoms. The van der Waals surface area contributed by atoms with E-state index in [0.29, 0.717) is 17.6 Å². The van der Waals surface area contributed by atoms with Gasteiger partial charge in [0, 0.05) is 43.5 Å². The van der Waals surface area contributed by atoms with Gasteiger partial charge in [-0.25, -0.2) is 4.79 Å². The summed E-state index contributed by atoms with van der Waals surface area (Å²) in [4.78, 5) is 12.0. The van der Waals surface area contributed by atoms with Gasteiger partial charge in [0.05, 0.1) is 11.0 Å². The molecule has 0 aliphatic heterocycles. The summed E-state index contributed by atoms with van der Waals surface area (Å²) in [5, 5.41) is 11.1. The number of nitrogens with zero attached hydrogens (tertiary/aromatic N) is 3.